The van der Waals surface area contributed by atoms with E-state index in [1.165, 1.54) is 24.3 Å². The predicted octanol–water partition coefficient (Wildman–Crippen LogP) is 2.83. The number of amides is 1. The summed E-state index contributed by atoms with van der Waals surface area (Å²) in [5.74, 6) is -0.361. The van der Waals surface area contributed by atoms with Crippen molar-refractivity contribution in [3.63, 3.8) is 0 Å². The van der Waals surface area contributed by atoms with Gasteiger partial charge in [0.2, 0.25) is 5.90 Å². The third-order valence-corrected chi connectivity index (χ3v) is 8.11. The lowest BCUT2D eigenvalue weighted by Crippen LogP contribution is -2.52. The Hall–Kier alpha value is -3.80. The lowest BCUT2D eigenvalue weighted by Gasteiger charge is -2.23. The molecule has 0 aliphatic carbocycles. The van der Waals surface area contributed by atoms with Crippen LogP contribution in [0.2, 0.25) is 0 Å². The summed E-state index contributed by atoms with van der Waals surface area (Å²) >= 11 is 0. The second kappa shape index (κ2) is 13.5. The van der Waals surface area contributed by atoms with Crippen molar-refractivity contribution in [3.05, 3.63) is 95.8 Å². The largest absolute Gasteiger partial charge is 0.494 e. The van der Waals surface area contributed by atoms with Crippen LogP contribution in [0.15, 0.2) is 88.8 Å². The number of aliphatic hydroxyl groups is 1. The molecule has 0 radical (unpaired) electrons. The SMILES string of the molecule is O=C(NNCCc1cccc(F)c1)[C@]1(CCS(=O)(=O)c2ccccc2)COC(c2ccc(OCCCO)cc2)=N1. The molecule has 11 heteroatoms. The molecule has 0 saturated carbocycles. The first-order valence-corrected chi connectivity index (χ1v) is 14.6. The maximum Gasteiger partial charge on any atom is 0.265 e. The van der Waals surface area contributed by atoms with Crippen molar-refractivity contribution in [2.24, 2.45) is 4.99 Å². The van der Waals surface area contributed by atoms with Crippen LogP contribution in [0.25, 0.3) is 0 Å². The summed E-state index contributed by atoms with van der Waals surface area (Å²) in [6.45, 7) is 0.590. The molecule has 0 bridgehead atoms. The lowest BCUT2D eigenvalue weighted by molar-refractivity contribution is -0.127. The van der Waals surface area contributed by atoms with Crippen LogP contribution in [0.5, 0.6) is 5.75 Å². The minimum absolute atomic E-state index is 0.0343. The van der Waals surface area contributed by atoms with E-state index in [0.717, 1.165) is 5.56 Å². The van der Waals surface area contributed by atoms with Crippen molar-refractivity contribution in [2.75, 3.05) is 32.1 Å². The second-order valence-electron chi connectivity index (χ2n) is 9.33. The van der Waals surface area contributed by atoms with Gasteiger partial charge in [-0.05, 0) is 66.9 Å². The standard InChI is InChI=1S/C29H32FN3O6S/c30-24-7-4-6-22(20-24)14-16-31-33-28(35)29(15-19-40(36,37)26-8-2-1-3-9-26)21-39-27(32-29)23-10-12-25(13-11-23)38-18-5-17-34/h1-4,6-13,20,31,34H,5,14-19,21H2,(H,33,35)/t29-/m0/s1. The Labute approximate surface area is 232 Å². The van der Waals surface area contributed by atoms with Gasteiger partial charge in [0.15, 0.2) is 15.4 Å². The molecule has 3 aromatic rings. The van der Waals surface area contributed by atoms with Crippen molar-refractivity contribution in [1.29, 1.82) is 0 Å². The van der Waals surface area contributed by atoms with Crippen molar-refractivity contribution in [3.8, 4) is 5.75 Å². The van der Waals surface area contributed by atoms with E-state index in [4.69, 9.17) is 14.6 Å². The molecule has 4 rings (SSSR count). The number of aliphatic hydroxyl groups excluding tert-OH is 1. The molecule has 0 aromatic heterocycles. The summed E-state index contributed by atoms with van der Waals surface area (Å²) in [7, 11) is -3.68. The smallest absolute Gasteiger partial charge is 0.265 e. The first kappa shape index (κ1) is 29.2. The van der Waals surface area contributed by atoms with Gasteiger partial charge in [-0.3, -0.25) is 10.2 Å². The minimum Gasteiger partial charge on any atom is -0.494 e. The number of nitrogens with one attached hydrogen (secondary N) is 2. The molecule has 212 valence electrons. The molecule has 0 spiro atoms. The zero-order valence-electron chi connectivity index (χ0n) is 21.9. The molecular weight excluding hydrogens is 537 g/mol. The normalized spacial score (nSPS) is 16.7. The van der Waals surface area contributed by atoms with Crippen LogP contribution in [0.1, 0.15) is 24.0 Å². The number of rotatable bonds is 14. The monoisotopic (exact) mass is 569 g/mol. The number of hydrogen-bond acceptors (Lipinski definition) is 8. The molecule has 0 unspecified atom stereocenters. The number of benzene rings is 3. The highest BCUT2D eigenvalue weighted by Crippen LogP contribution is 2.28. The summed E-state index contributed by atoms with van der Waals surface area (Å²) < 4.78 is 50.8. The average molecular weight is 570 g/mol. The highest BCUT2D eigenvalue weighted by atomic mass is 32.2. The molecule has 1 atom stereocenters. The highest BCUT2D eigenvalue weighted by Gasteiger charge is 2.45. The number of hydrazine groups is 1. The molecule has 1 aliphatic heterocycles. The van der Waals surface area contributed by atoms with E-state index >= 15 is 0 Å². The fourth-order valence-electron chi connectivity index (χ4n) is 4.11. The summed E-state index contributed by atoms with van der Waals surface area (Å²) in [6, 6.07) is 21.2. The van der Waals surface area contributed by atoms with Crippen LogP contribution in [-0.4, -0.2) is 63.0 Å². The molecule has 9 nitrogen and oxygen atoms in total. The molecule has 0 saturated heterocycles. The number of sulfone groups is 1. The minimum atomic E-state index is -3.68. The Morgan fingerprint density at radius 1 is 1.07 bits per heavy atom. The Balaban J connectivity index is 1.48. The van der Waals surface area contributed by atoms with E-state index < -0.39 is 21.3 Å². The van der Waals surface area contributed by atoms with Crippen LogP contribution in [0.4, 0.5) is 4.39 Å². The van der Waals surface area contributed by atoms with Crippen molar-refractivity contribution in [1.82, 2.24) is 10.9 Å². The number of nitrogens with zero attached hydrogens (tertiary/aromatic N) is 1. The maximum absolute atomic E-state index is 13.4. The van der Waals surface area contributed by atoms with E-state index in [1.807, 2.05) is 0 Å². The Morgan fingerprint density at radius 2 is 1.85 bits per heavy atom. The molecule has 3 N–H and O–H groups in total. The molecule has 3 aromatic carbocycles. The lowest BCUT2D eigenvalue weighted by atomic mass is 9.98. The van der Waals surface area contributed by atoms with Gasteiger partial charge in [-0.1, -0.05) is 30.3 Å². The third-order valence-electron chi connectivity index (χ3n) is 6.37. The Bertz CT molecular complexity index is 1420. The number of ether oxygens (including phenoxy) is 2. The second-order valence-corrected chi connectivity index (χ2v) is 11.4. The fourth-order valence-corrected chi connectivity index (χ4v) is 5.52. The Kier molecular flexibility index (Phi) is 9.86. The van der Waals surface area contributed by atoms with Gasteiger partial charge in [-0.15, -0.1) is 0 Å². The molecule has 1 amide bonds. The van der Waals surface area contributed by atoms with Gasteiger partial charge < -0.3 is 14.6 Å². The topological polar surface area (TPSA) is 126 Å². The van der Waals surface area contributed by atoms with E-state index in [9.17, 15) is 17.6 Å². The first-order valence-electron chi connectivity index (χ1n) is 12.9. The van der Waals surface area contributed by atoms with Crippen LogP contribution in [-0.2, 0) is 25.8 Å². The predicted molar refractivity (Wildman–Crippen MR) is 148 cm³/mol. The number of aliphatic imine (C=N–C) groups is 1. The van der Waals surface area contributed by atoms with E-state index in [-0.39, 0.29) is 42.0 Å². The van der Waals surface area contributed by atoms with Gasteiger partial charge in [0.25, 0.3) is 5.91 Å². The summed E-state index contributed by atoms with van der Waals surface area (Å²) in [4.78, 5) is 18.2. The Morgan fingerprint density at radius 3 is 2.58 bits per heavy atom. The molecule has 40 heavy (non-hydrogen) atoms. The van der Waals surface area contributed by atoms with Gasteiger partial charge in [0.1, 0.15) is 18.2 Å². The summed E-state index contributed by atoms with van der Waals surface area (Å²) in [5.41, 5.74) is 5.35. The zero-order chi connectivity index (χ0) is 28.4. The number of halogens is 1. The molecule has 0 fully saturated rings. The summed E-state index contributed by atoms with van der Waals surface area (Å²) in [5, 5.41) is 8.91. The fraction of sp³-hybridized carbons (Fsp3) is 0.310. The van der Waals surface area contributed by atoms with Crippen LogP contribution < -0.4 is 15.6 Å². The van der Waals surface area contributed by atoms with Gasteiger partial charge in [-0.25, -0.2) is 23.2 Å². The molecular formula is C29H32FN3O6S. The van der Waals surface area contributed by atoms with Gasteiger partial charge in [0, 0.05) is 25.1 Å². The van der Waals surface area contributed by atoms with Crippen molar-refractivity contribution < 1.29 is 32.2 Å². The summed E-state index contributed by atoms with van der Waals surface area (Å²) in [6.07, 6.45) is 0.871. The molecule has 1 heterocycles. The van der Waals surface area contributed by atoms with E-state index in [0.29, 0.717) is 37.3 Å². The number of carbonyl (C=O) groups is 1. The van der Waals surface area contributed by atoms with Crippen molar-refractivity contribution in [2.45, 2.75) is 29.7 Å². The van der Waals surface area contributed by atoms with Crippen LogP contribution in [0, 0.1) is 5.82 Å². The van der Waals surface area contributed by atoms with Gasteiger partial charge >= 0.3 is 0 Å². The van der Waals surface area contributed by atoms with Crippen molar-refractivity contribution >= 4 is 21.6 Å². The van der Waals surface area contributed by atoms with E-state index in [2.05, 4.69) is 15.8 Å². The zero-order valence-corrected chi connectivity index (χ0v) is 22.7. The average Bonchev–Trinajstić information content (AvgIpc) is 3.41. The third kappa shape index (κ3) is 7.65. The van der Waals surface area contributed by atoms with Gasteiger partial charge in [-0.2, -0.15) is 0 Å². The quantitative estimate of drug-likeness (QED) is 0.201. The van der Waals surface area contributed by atoms with Gasteiger partial charge in [0.05, 0.1) is 17.3 Å². The van der Waals surface area contributed by atoms with Crippen LogP contribution in [0.3, 0.4) is 0 Å². The highest BCUT2D eigenvalue weighted by molar-refractivity contribution is 7.91. The first-order chi connectivity index (χ1) is 19.3. The molecule has 1 aliphatic rings. The van der Waals surface area contributed by atoms with E-state index in [1.54, 1.807) is 54.6 Å². The maximum atomic E-state index is 13.4. The van der Waals surface area contributed by atoms with Crippen LogP contribution >= 0.6 is 0 Å². The number of hydrogen-bond donors (Lipinski definition) is 3. The number of carbonyl (C=O) groups excluding carboxylic acids is 1.